The SMILES string of the molecule is CCNC(C)CC(=O)NCCC(O)CC. The zero-order chi connectivity index (χ0) is 11.7. The average Bonchev–Trinajstić information content (AvgIpc) is 2.17. The maximum atomic E-state index is 11.4. The van der Waals surface area contributed by atoms with Crippen molar-refractivity contribution in [3.63, 3.8) is 0 Å². The maximum absolute atomic E-state index is 11.4. The highest BCUT2D eigenvalue weighted by molar-refractivity contribution is 5.76. The van der Waals surface area contributed by atoms with E-state index in [0.29, 0.717) is 19.4 Å². The summed E-state index contributed by atoms with van der Waals surface area (Å²) in [6.45, 7) is 7.38. The van der Waals surface area contributed by atoms with E-state index in [1.165, 1.54) is 0 Å². The fourth-order valence-electron chi connectivity index (χ4n) is 1.35. The molecule has 3 N–H and O–H groups in total. The van der Waals surface area contributed by atoms with Crippen molar-refractivity contribution in [2.24, 2.45) is 0 Å². The molecular formula is C11H24N2O2. The Labute approximate surface area is 92.4 Å². The van der Waals surface area contributed by atoms with Gasteiger partial charge in [0.2, 0.25) is 5.91 Å². The molecular weight excluding hydrogens is 192 g/mol. The molecule has 0 spiro atoms. The van der Waals surface area contributed by atoms with Crippen molar-refractivity contribution in [2.75, 3.05) is 13.1 Å². The van der Waals surface area contributed by atoms with Gasteiger partial charge in [0, 0.05) is 19.0 Å². The lowest BCUT2D eigenvalue weighted by Crippen LogP contribution is -2.34. The summed E-state index contributed by atoms with van der Waals surface area (Å²) in [5.41, 5.74) is 0. The van der Waals surface area contributed by atoms with Gasteiger partial charge in [-0.15, -0.1) is 0 Å². The third-order valence-electron chi connectivity index (χ3n) is 2.32. The minimum Gasteiger partial charge on any atom is -0.393 e. The van der Waals surface area contributed by atoms with Gasteiger partial charge >= 0.3 is 0 Å². The van der Waals surface area contributed by atoms with E-state index in [4.69, 9.17) is 0 Å². The zero-order valence-corrected chi connectivity index (χ0v) is 10.0. The van der Waals surface area contributed by atoms with Crippen LogP contribution < -0.4 is 10.6 Å². The molecule has 0 aliphatic rings. The number of amides is 1. The molecule has 90 valence electrons. The number of carbonyl (C=O) groups is 1. The summed E-state index contributed by atoms with van der Waals surface area (Å²) >= 11 is 0. The molecule has 0 bridgehead atoms. The first-order valence-corrected chi connectivity index (χ1v) is 5.78. The van der Waals surface area contributed by atoms with E-state index < -0.39 is 0 Å². The van der Waals surface area contributed by atoms with Crippen LogP contribution in [0.3, 0.4) is 0 Å². The first-order valence-electron chi connectivity index (χ1n) is 5.78. The number of hydrogen-bond donors (Lipinski definition) is 3. The molecule has 15 heavy (non-hydrogen) atoms. The molecule has 0 aromatic heterocycles. The first-order chi connectivity index (χ1) is 7.10. The normalized spacial score (nSPS) is 14.7. The fourth-order valence-corrected chi connectivity index (χ4v) is 1.35. The second-order valence-corrected chi connectivity index (χ2v) is 3.86. The molecule has 2 unspecified atom stereocenters. The molecule has 0 fully saturated rings. The van der Waals surface area contributed by atoms with Crippen molar-refractivity contribution >= 4 is 5.91 Å². The molecule has 0 aliphatic carbocycles. The molecule has 0 heterocycles. The van der Waals surface area contributed by atoms with Crippen molar-refractivity contribution in [3.8, 4) is 0 Å². The van der Waals surface area contributed by atoms with Crippen LogP contribution >= 0.6 is 0 Å². The van der Waals surface area contributed by atoms with E-state index in [1.54, 1.807) is 0 Å². The van der Waals surface area contributed by atoms with Gasteiger partial charge in [0.25, 0.3) is 0 Å². The number of nitrogens with one attached hydrogen (secondary N) is 2. The third-order valence-corrected chi connectivity index (χ3v) is 2.32. The smallest absolute Gasteiger partial charge is 0.221 e. The Balaban J connectivity index is 3.48. The van der Waals surface area contributed by atoms with Gasteiger partial charge in [-0.05, 0) is 26.3 Å². The Hall–Kier alpha value is -0.610. The highest BCUT2D eigenvalue weighted by Crippen LogP contribution is 1.95. The standard InChI is InChI=1S/C11H24N2O2/c1-4-10(14)6-7-13-11(15)8-9(3)12-5-2/h9-10,12,14H,4-8H2,1-3H3,(H,13,15). The van der Waals surface area contributed by atoms with E-state index in [-0.39, 0.29) is 18.1 Å². The lowest BCUT2D eigenvalue weighted by molar-refractivity contribution is -0.121. The van der Waals surface area contributed by atoms with E-state index in [9.17, 15) is 9.90 Å². The second kappa shape index (κ2) is 8.68. The molecule has 2 atom stereocenters. The second-order valence-electron chi connectivity index (χ2n) is 3.86. The molecule has 4 nitrogen and oxygen atoms in total. The van der Waals surface area contributed by atoms with Crippen LogP contribution in [0.25, 0.3) is 0 Å². The molecule has 1 amide bonds. The van der Waals surface area contributed by atoms with Crippen LogP contribution in [0.15, 0.2) is 0 Å². The molecule has 0 aromatic rings. The maximum Gasteiger partial charge on any atom is 0.221 e. The Bertz CT molecular complexity index is 174. The van der Waals surface area contributed by atoms with Crippen LogP contribution in [-0.4, -0.2) is 36.2 Å². The summed E-state index contributed by atoms with van der Waals surface area (Å²) in [5, 5.41) is 15.2. The van der Waals surface area contributed by atoms with Gasteiger partial charge in [-0.1, -0.05) is 13.8 Å². The van der Waals surface area contributed by atoms with Crippen molar-refractivity contribution in [3.05, 3.63) is 0 Å². The average molecular weight is 216 g/mol. The Morgan fingerprint density at radius 3 is 2.60 bits per heavy atom. The molecule has 4 heteroatoms. The highest BCUT2D eigenvalue weighted by Gasteiger charge is 2.07. The zero-order valence-electron chi connectivity index (χ0n) is 10.0. The van der Waals surface area contributed by atoms with Crippen LogP contribution in [0.5, 0.6) is 0 Å². The van der Waals surface area contributed by atoms with Gasteiger partial charge in [-0.25, -0.2) is 0 Å². The summed E-state index contributed by atoms with van der Waals surface area (Å²) in [7, 11) is 0. The number of hydrogen-bond acceptors (Lipinski definition) is 3. The summed E-state index contributed by atoms with van der Waals surface area (Å²) in [6.07, 6.45) is 1.58. The summed E-state index contributed by atoms with van der Waals surface area (Å²) < 4.78 is 0. The minimum atomic E-state index is -0.295. The summed E-state index contributed by atoms with van der Waals surface area (Å²) in [6, 6.07) is 0.214. The first kappa shape index (κ1) is 14.4. The molecule has 0 radical (unpaired) electrons. The van der Waals surface area contributed by atoms with Crippen LogP contribution in [0.1, 0.15) is 40.0 Å². The predicted molar refractivity (Wildman–Crippen MR) is 61.7 cm³/mol. The fraction of sp³-hybridized carbons (Fsp3) is 0.909. The van der Waals surface area contributed by atoms with Crippen LogP contribution in [0, 0.1) is 0 Å². The topological polar surface area (TPSA) is 61.4 Å². The summed E-state index contributed by atoms with van der Waals surface area (Å²) in [5.74, 6) is 0.0479. The van der Waals surface area contributed by atoms with Crippen LogP contribution in [0.2, 0.25) is 0 Å². The van der Waals surface area contributed by atoms with Crippen molar-refractivity contribution in [1.82, 2.24) is 10.6 Å². The largest absolute Gasteiger partial charge is 0.393 e. The Kier molecular flexibility index (Phi) is 8.33. The third kappa shape index (κ3) is 8.39. The molecule has 0 saturated heterocycles. The quantitative estimate of drug-likeness (QED) is 0.558. The van der Waals surface area contributed by atoms with Gasteiger partial charge in [-0.2, -0.15) is 0 Å². The van der Waals surface area contributed by atoms with Crippen molar-refractivity contribution in [1.29, 1.82) is 0 Å². The molecule has 0 aliphatic heterocycles. The lowest BCUT2D eigenvalue weighted by atomic mass is 10.2. The highest BCUT2D eigenvalue weighted by atomic mass is 16.3. The van der Waals surface area contributed by atoms with E-state index in [0.717, 1.165) is 13.0 Å². The van der Waals surface area contributed by atoms with E-state index >= 15 is 0 Å². The van der Waals surface area contributed by atoms with Gasteiger partial charge in [0.15, 0.2) is 0 Å². The molecule has 0 rings (SSSR count). The molecule has 0 saturated carbocycles. The van der Waals surface area contributed by atoms with Crippen LogP contribution in [0.4, 0.5) is 0 Å². The number of rotatable bonds is 8. The number of aliphatic hydroxyl groups is 1. The van der Waals surface area contributed by atoms with Crippen molar-refractivity contribution < 1.29 is 9.90 Å². The predicted octanol–water partition coefficient (Wildman–Crippen LogP) is 0.652. The van der Waals surface area contributed by atoms with E-state index in [2.05, 4.69) is 10.6 Å². The van der Waals surface area contributed by atoms with Gasteiger partial charge < -0.3 is 15.7 Å². The van der Waals surface area contributed by atoms with Gasteiger partial charge in [0.05, 0.1) is 6.10 Å². The molecule has 0 aromatic carbocycles. The van der Waals surface area contributed by atoms with Gasteiger partial charge in [0.1, 0.15) is 0 Å². The van der Waals surface area contributed by atoms with Gasteiger partial charge in [-0.3, -0.25) is 4.79 Å². The monoisotopic (exact) mass is 216 g/mol. The lowest BCUT2D eigenvalue weighted by Gasteiger charge is -2.13. The van der Waals surface area contributed by atoms with Crippen LogP contribution in [-0.2, 0) is 4.79 Å². The Morgan fingerprint density at radius 1 is 1.40 bits per heavy atom. The number of aliphatic hydroxyl groups excluding tert-OH is 1. The summed E-state index contributed by atoms with van der Waals surface area (Å²) in [4.78, 5) is 11.4. The number of carbonyl (C=O) groups excluding carboxylic acids is 1. The Morgan fingerprint density at radius 2 is 2.07 bits per heavy atom. The van der Waals surface area contributed by atoms with E-state index in [1.807, 2.05) is 20.8 Å². The van der Waals surface area contributed by atoms with Crippen molar-refractivity contribution in [2.45, 2.75) is 52.2 Å². The minimum absolute atomic E-state index is 0.0479.